The van der Waals surface area contributed by atoms with Crippen LogP contribution in [0.2, 0.25) is 0 Å². The monoisotopic (exact) mass is 221 g/mol. The highest BCUT2D eigenvalue weighted by molar-refractivity contribution is 7.80. The first-order valence-corrected chi connectivity index (χ1v) is 5.58. The minimum absolute atomic E-state index is 0.309. The first-order chi connectivity index (χ1) is 7.25. The van der Waals surface area contributed by atoms with Gasteiger partial charge in [0.1, 0.15) is 0 Å². The lowest BCUT2D eigenvalue weighted by Gasteiger charge is -2.17. The highest BCUT2D eigenvalue weighted by atomic mass is 32.1. The SMILES string of the molecule is NC(=S)Nc1ccc(N2CCCC2)cc1. The van der Waals surface area contributed by atoms with E-state index in [1.165, 1.54) is 31.6 Å². The maximum absolute atomic E-state index is 5.39. The van der Waals surface area contributed by atoms with Crippen molar-refractivity contribution in [2.45, 2.75) is 12.8 Å². The molecule has 0 radical (unpaired) electrons. The van der Waals surface area contributed by atoms with Crippen LogP contribution in [0.3, 0.4) is 0 Å². The predicted octanol–water partition coefficient (Wildman–Crippen LogP) is 1.94. The van der Waals surface area contributed by atoms with Crippen molar-refractivity contribution >= 4 is 28.7 Å². The van der Waals surface area contributed by atoms with E-state index in [4.69, 9.17) is 18.0 Å². The number of nitrogens with two attached hydrogens (primary N) is 1. The number of hydrogen-bond acceptors (Lipinski definition) is 2. The van der Waals surface area contributed by atoms with Crippen molar-refractivity contribution < 1.29 is 0 Å². The molecule has 0 amide bonds. The maximum atomic E-state index is 5.39. The van der Waals surface area contributed by atoms with Gasteiger partial charge in [-0.2, -0.15) is 0 Å². The zero-order valence-corrected chi connectivity index (χ0v) is 9.39. The first kappa shape index (κ1) is 10.2. The summed E-state index contributed by atoms with van der Waals surface area (Å²) >= 11 is 4.77. The molecule has 3 N–H and O–H groups in total. The number of thiocarbonyl (C=S) groups is 1. The summed E-state index contributed by atoms with van der Waals surface area (Å²) in [6.07, 6.45) is 2.60. The molecule has 80 valence electrons. The molecule has 15 heavy (non-hydrogen) atoms. The molecule has 1 saturated heterocycles. The van der Waals surface area contributed by atoms with Gasteiger partial charge in [0.05, 0.1) is 0 Å². The molecular weight excluding hydrogens is 206 g/mol. The van der Waals surface area contributed by atoms with E-state index < -0.39 is 0 Å². The molecule has 4 heteroatoms. The van der Waals surface area contributed by atoms with Crippen LogP contribution >= 0.6 is 12.2 Å². The second-order valence-electron chi connectivity index (χ2n) is 3.73. The summed E-state index contributed by atoms with van der Waals surface area (Å²) in [4.78, 5) is 2.39. The summed E-state index contributed by atoms with van der Waals surface area (Å²) < 4.78 is 0. The molecule has 2 rings (SSSR count). The molecule has 0 spiro atoms. The van der Waals surface area contributed by atoms with Gasteiger partial charge >= 0.3 is 0 Å². The topological polar surface area (TPSA) is 41.3 Å². The van der Waals surface area contributed by atoms with Crippen molar-refractivity contribution in [2.24, 2.45) is 5.73 Å². The zero-order chi connectivity index (χ0) is 10.7. The molecule has 1 fully saturated rings. The summed E-state index contributed by atoms with van der Waals surface area (Å²) in [5, 5.41) is 3.22. The van der Waals surface area contributed by atoms with Crippen LogP contribution in [0, 0.1) is 0 Å². The summed E-state index contributed by atoms with van der Waals surface area (Å²) in [5.74, 6) is 0. The van der Waals surface area contributed by atoms with Gasteiger partial charge < -0.3 is 16.0 Å². The molecule has 1 aliphatic rings. The fourth-order valence-electron chi connectivity index (χ4n) is 1.87. The Bertz CT molecular complexity index is 341. The third-order valence-corrected chi connectivity index (χ3v) is 2.71. The minimum atomic E-state index is 0.309. The smallest absolute Gasteiger partial charge is 0.168 e. The maximum Gasteiger partial charge on any atom is 0.168 e. The van der Waals surface area contributed by atoms with Crippen LogP contribution in [0.4, 0.5) is 11.4 Å². The standard InChI is InChI=1S/C11H15N3S/c12-11(15)13-9-3-5-10(6-4-9)14-7-1-2-8-14/h3-6H,1-2,7-8H2,(H3,12,13,15). The largest absolute Gasteiger partial charge is 0.376 e. The Morgan fingerprint density at radius 3 is 2.33 bits per heavy atom. The normalized spacial score (nSPS) is 15.3. The highest BCUT2D eigenvalue weighted by Gasteiger charge is 2.11. The van der Waals surface area contributed by atoms with E-state index in [1.54, 1.807) is 0 Å². The number of nitrogens with zero attached hydrogens (tertiary/aromatic N) is 1. The van der Waals surface area contributed by atoms with E-state index in [0.29, 0.717) is 5.11 Å². The Balaban J connectivity index is 2.06. The average Bonchev–Trinajstić information content (AvgIpc) is 2.71. The second-order valence-corrected chi connectivity index (χ2v) is 4.17. The molecule has 0 bridgehead atoms. The molecule has 0 saturated carbocycles. The van der Waals surface area contributed by atoms with E-state index in [1.807, 2.05) is 12.1 Å². The van der Waals surface area contributed by atoms with Gasteiger partial charge in [0.2, 0.25) is 0 Å². The van der Waals surface area contributed by atoms with Crippen molar-refractivity contribution in [3.05, 3.63) is 24.3 Å². The van der Waals surface area contributed by atoms with Crippen LogP contribution in [-0.4, -0.2) is 18.2 Å². The third kappa shape index (κ3) is 2.59. The van der Waals surface area contributed by atoms with Gasteiger partial charge in [-0.15, -0.1) is 0 Å². The summed E-state index contributed by atoms with van der Waals surface area (Å²) in [6.45, 7) is 2.34. The van der Waals surface area contributed by atoms with Gasteiger partial charge in [-0.05, 0) is 49.3 Å². The number of anilines is 2. The zero-order valence-electron chi connectivity index (χ0n) is 8.57. The first-order valence-electron chi connectivity index (χ1n) is 5.17. The van der Waals surface area contributed by atoms with E-state index in [9.17, 15) is 0 Å². The van der Waals surface area contributed by atoms with Crippen molar-refractivity contribution in [3.63, 3.8) is 0 Å². The van der Waals surface area contributed by atoms with E-state index >= 15 is 0 Å². The van der Waals surface area contributed by atoms with Gasteiger partial charge in [0, 0.05) is 24.5 Å². The molecular formula is C11H15N3S. The van der Waals surface area contributed by atoms with Crippen molar-refractivity contribution in [1.82, 2.24) is 0 Å². The molecule has 0 atom stereocenters. The van der Waals surface area contributed by atoms with Gasteiger partial charge in [-0.3, -0.25) is 0 Å². The quantitative estimate of drug-likeness (QED) is 0.749. The molecule has 0 unspecified atom stereocenters. The highest BCUT2D eigenvalue weighted by Crippen LogP contribution is 2.21. The molecule has 1 heterocycles. The summed E-state index contributed by atoms with van der Waals surface area (Å²) in [5.41, 5.74) is 7.62. The fourth-order valence-corrected chi connectivity index (χ4v) is 1.99. The van der Waals surface area contributed by atoms with Crippen LogP contribution in [-0.2, 0) is 0 Å². The summed E-state index contributed by atoms with van der Waals surface area (Å²) in [7, 11) is 0. The Labute approximate surface area is 95.3 Å². The van der Waals surface area contributed by atoms with E-state index in [0.717, 1.165) is 5.69 Å². The van der Waals surface area contributed by atoms with Crippen LogP contribution in [0.25, 0.3) is 0 Å². The van der Waals surface area contributed by atoms with Crippen molar-refractivity contribution in [1.29, 1.82) is 0 Å². The summed E-state index contributed by atoms with van der Waals surface area (Å²) in [6, 6.07) is 8.22. The Hall–Kier alpha value is -1.29. The number of hydrogen-bond donors (Lipinski definition) is 2. The average molecular weight is 221 g/mol. The van der Waals surface area contributed by atoms with Crippen molar-refractivity contribution in [3.8, 4) is 0 Å². The Morgan fingerprint density at radius 1 is 1.20 bits per heavy atom. The van der Waals surface area contributed by atoms with Crippen LogP contribution < -0.4 is 16.0 Å². The van der Waals surface area contributed by atoms with Gasteiger partial charge in [0.25, 0.3) is 0 Å². The van der Waals surface area contributed by atoms with Crippen LogP contribution in [0.15, 0.2) is 24.3 Å². The van der Waals surface area contributed by atoms with Crippen LogP contribution in [0.1, 0.15) is 12.8 Å². The number of benzene rings is 1. The Morgan fingerprint density at radius 2 is 1.80 bits per heavy atom. The molecule has 3 nitrogen and oxygen atoms in total. The van der Waals surface area contributed by atoms with Crippen molar-refractivity contribution in [2.75, 3.05) is 23.3 Å². The van der Waals surface area contributed by atoms with Gasteiger partial charge in [0.15, 0.2) is 5.11 Å². The second kappa shape index (κ2) is 4.49. The third-order valence-electron chi connectivity index (χ3n) is 2.61. The van der Waals surface area contributed by atoms with Gasteiger partial charge in [-0.25, -0.2) is 0 Å². The fraction of sp³-hybridized carbons (Fsp3) is 0.364. The molecule has 0 aromatic heterocycles. The molecule has 1 aromatic rings. The minimum Gasteiger partial charge on any atom is -0.376 e. The van der Waals surface area contributed by atoms with E-state index in [-0.39, 0.29) is 0 Å². The molecule has 1 aliphatic heterocycles. The molecule has 1 aromatic carbocycles. The lowest BCUT2D eigenvalue weighted by atomic mass is 10.2. The molecule has 0 aliphatic carbocycles. The van der Waals surface area contributed by atoms with E-state index in [2.05, 4.69) is 22.3 Å². The Kier molecular flexibility index (Phi) is 3.06. The lowest BCUT2D eigenvalue weighted by molar-refractivity contribution is 0.949. The van der Waals surface area contributed by atoms with Gasteiger partial charge in [-0.1, -0.05) is 0 Å². The lowest BCUT2D eigenvalue weighted by Crippen LogP contribution is -2.19. The van der Waals surface area contributed by atoms with Crippen LogP contribution in [0.5, 0.6) is 0 Å². The number of rotatable bonds is 2. The number of nitrogens with one attached hydrogen (secondary N) is 1. The predicted molar refractivity (Wildman–Crippen MR) is 68.3 cm³/mol.